The van der Waals surface area contributed by atoms with E-state index in [1.165, 1.54) is 6.42 Å². The van der Waals surface area contributed by atoms with Gasteiger partial charge in [-0.25, -0.2) is 0 Å². The molecular formula is C17H24ClN3O3. The third-order valence-corrected chi connectivity index (χ3v) is 4.60. The highest BCUT2D eigenvalue weighted by atomic mass is 35.5. The number of amides is 2. The summed E-state index contributed by atoms with van der Waals surface area (Å²) in [6.07, 6.45) is 3.81. The second kappa shape index (κ2) is 8.35. The minimum atomic E-state index is -0.462. The molecule has 2 fully saturated rings. The third-order valence-electron chi connectivity index (χ3n) is 4.60. The Morgan fingerprint density at radius 2 is 1.88 bits per heavy atom. The van der Waals surface area contributed by atoms with Gasteiger partial charge in [0.15, 0.2) is 0 Å². The van der Waals surface area contributed by atoms with Crippen LogP contribution in [0.5, 0.6) is 5.75 Å². The van der Waals surface area contributed by atoms with Crippen LogP contribution in [0.15, 0.2) is 24.3 Å². The normalized spacial score (nSPS) is 22.4. The third kappa shape index (κ3) is 4.61. The van der Waals surface area contributed by atoms with E-state index in [2.05, 4.69) is 5.32 Å². The maximum atomic E-state index is 12.3. The molecule has 6 nitrogen and oxygen atoms in total. The SMILES string of the molecule is Cl.NC(=O)c1ccc(OCCC(=O)N2CCC3CCC(C2)N3)cc1. The van der Waals surface area contributed by atoms with Gasteiger partial charge in [0, 0.05) is 30.7 Å². The van der Waals surface area contributed by atoms with Crippen molar-refractivity contribution in [1.29, 1.82) is 0 Å². The van der Waals surface area contributed by atoms with Crippen LogP contribution in [0.2, 0.25) is 0 Å². The van der Waals surface area contributed by atoms with Crippen molar-refractivity contribution in [2.24, 2.45) is 5.73 Å². The number of halogens is 1. The highest BCUT2D eigenvalue weighted by Gasteiger charge is 2.30. The molecule has 3 N–H and O–H groups in total. The van der Waals surface area contributed by atoms with Gasteiger partial charge in [-0.05, 0) is 43.5 Å². The molecule has 0 aliphatic carbocycles. The number of fused-ring (bicyclic) bond motifs is 2. The number of nitrogens with one attached hydrogen (secondary N) is 1. The molecule has 2 amide bonds. The number of nitrogens with two attached hydrogens (primary N) is 1. The first-order chi connectivity index (χ1) is 11.1. The maximum Gasteiger partial charge on any atom is 0.248 e. The van der Waals surface area contributed by atoms with Crippen LogP contribution in [0.1, 0.15) is 36.0 Å². The van der Waals surface area contributed by atoms with E-state index in [1.54, 1.807) is 24.3 Å². The first-order valence-corrected chi connectivity index (χ1v) is 8.18. The van der Waals surface area contributed by atoms with Gasteiger partial charge < -0.3 is 20.7 Å². The second-order valence-corrected chi connectivity index (χ2v) is 6.25. The molecule has 1 aromatic carbocycles. The summed E-state index contributed by atoms with van der Waals surface area (Å²) in [7, 11) is 0. The summed E-state index contributed by atoms with van der Waals surface area (Å²) in [5.74, 6) is 0.322. The predicted octanol–water partition coefficient (Wildman–Crippen LogP) is 1.33. The van der Waals surface area contributed by atoms with Crippen LogP contribution in [0, 0.1) is 0 Å². The van der Waals surface area contributed by atoms with Gasteiger partial charge in [0.05, 0.1) is 13.0 Å². The van der Waals surface area contributed by atoms with Crippen LogP contribution in [-0.4, -0.2) is 48.5 Å². The molecule has 2 unspecified atom stereocenters. The predicted molar refractivity (Wildman–Crippen MR) is 93.5 cm³/mol. The lowest BCUT2D eigenvalue weighted by Gasteiger charge is -2.24. The Morgan fingerprint density at radius 1 is 1.17 bits per heavy atom. The molecular weight excluding hydrogens is 330 g/mol. The summed E-state index contributed by atoms with van der Waals surface area (Å²) in [4.78, 5) is 25.3. The highest BCUT2D eigenvalue weighted by Crippen LogP contribution is 2.21. The number of primary amides is 1. The van der Waals surface area contributed by atoms with E-state index >= 15 is 0 Å². The average molecular weight is 354 g/mol. The molecule has 2 bridgehead atoms. The number of carbonyl (C=O) groups excluding carboxylic acids is 2. The number of ether oxygens (including phenoxy) is 1. The van der Waals surface area contributed by atoms with Gasteiger partial charge in [-0.1, -0.05) is 0 Å². The van der Waals surface area contributed by atoms with Crippen LogP contribution in [0.25, 0.3) is 0 Å². The standard InChI is InChI=1S/C17H23N3O3.ClH/c18-17(22)12-1-5-15(6-2-12)23-10-8-16(21)20-9-7-13-3-4-14(11-20)19-13;/h1-2,5-6,13-14,19H,3-4,7-11H2,(H2,18,22);1H. The number of benzene rings is 1. The molecule has 2 aliphatic rings. The number of likely N-dealkylation sites (tertiary alicyclic amines) is 1. The number of hydrogen-bond acceptors (Lipinski definition) is 4. The van der Waals surface area contributed by atoms with Crippen molar-refractivity contribution in [1.82, 2.24) is 10.2 Å². The molecule has 0 radical (unpaired) electrons. The van der Waals surface area contributed by atoms with E-state index in [0.29, 0.717) is 36.4 Å². The van der Waals surface area contributed by atoms with Crippen LogP contribution in [0.4, 0.5) is 0 Å². The molecule has 2 aliphatic heterocycles. The zero-order valence-corrected chi connectivity index (χ0v) is 14.4. The Morgan fingerprint density at radius 3 is 2.58 bits per heavy atom. The Labute approximate surface area is 148 Å². The van der Waals surface area contributed by atoms with E-state index in [9.17, 15) is 9.59 Å². The zero-order chi connectivity index (χ0) is 16.2. The molecule has 0 saturated carbocycles. The topological polar surface area (TPSA) is 84.7 Å². The summed E-state index contributed by atoms with van der Waals surface area (Å²) in [5.41, 5.74) is 5.63. The smallest absolute Gasteiger partial charge is 0.248 e. The first kappa shape index (κ1) is 18.5. The summed E-state index contributed by atoms with van der Waals surface area (Å²) in [5, 5.41) is 3.57. The largest absolute Gasteiger partial charge is 0.493 e. The fourth-order valence-corrected chi connectivity index (χ4v) is 3.30. The molecule has 7 heteroatoms. The molecule has 1 aromatic rings. The van der Waals surface area contributed by atoms with Gasteiger partial charge in [0.25, 0.3) is 0 Å². The Bertz CT molecular complexity index is 579. The number of hydrogen-bond donors (Lipinski definition) is 2. The monoisotopic (exact) mass is 353 g/mol. The van der Waals surface area contributed by atoms with Crippen LogP contribution >= 0.6 is 12.4 Å². The van der Waals surface area contributed by atoms with Crippen molar-refractivity contribution in [2.45, 2.75) is 37.8 Å². The van der Waals surface area contributed by atoms with Crippen molar-refractivity contribution in [2.75, 3.05) is 19.7 Å². The molecule has 24 heavy (non-hydrogen) atoms. The molecule has 2 heterocycles. The van der Waals surface area contributed by atoms with Gasteiger partial charge >= 0.3 is 0 Å². The lowest BCUT2D eigenvalue weighted by Crippen LogP contribution is -2.39. The fourth-order valence-electron chi connectivity index (χ4n) is 3.30. The lowest BCUT2D eigenvalue weighted by atomic mass is 10.1. The molecule has 2 atom stereocenters. The Hall–Kier alpha value is -1.79. The van der Waals surface area contributed by atoms with E-state index < -0.39 is 5.91 Å². The summed E-state index contributed by atoms with van der Waals surface area (Å²) >= 11 is 0. The summed E-state index contributed by atoms with van der Waals surface area (Å²) < 4.78 is 5.58. The number of carbonyl (C=O) groups is 2. The highest BCUT2D eigenvalue weighted by molar-refractivity contribution is 5.92. The van der Waals surface area contributed by atoms with Gasteiger partial charge in [-0.2, -0.15) is 0 Å². The zero-order valence-electron chi connectivity index (χ0n) is 13.6. The van der Waals surface area contributed by atoms with Gasteiger partial charge in [-0.3, -0.25) is 9.59 Å². The van der Waals surface area contributed by atoms with Gasteiger partial charge in [-0.15, -0.1) is 12.4 Å². The molecule has 2 saturated heterocycles. The molecule has 3 rings (SSSR count). The van der Waals surface area contributed by atoms with E-state index in [4.69, 9.17) is 10.5 Å². The van der Waals surface area contributed by atoms with Crippen molar-refractivity contribution >= 4 is 24.2 Å². The van der Waals surface area contributed by atoms with E-state index in [1.807, 2.05) is 4.90 Å². The number of nitrogens with zero attached hydrogens (tertiary/aromatic N) is 1. The summed E-state index contributed by atoms with van der Waals surface area (Å²) in [6, 6.07) is 7.66. The van der Waals surface area contributed by atoms with E-state index in [-0.39, 0.29) is 18.3 Å². The molecule has 132 valence electrons. The quantitative estimate of drug-likeness (QED) is 0.836. The lowest BCUT2D eigenvalue weighted by molar-refractivity contribution is -0.131. The fraction of sp³-hybridized carbons (Fsp3) is 0.529. The number of rotatable bonds is 5. The minimum Gasteiger partial charge on any atom is -0.493 e. The average Bonchev–Trinajstić information content (AvgIpc) is 2.86. The van der Waals surface area contributed by atoms with E-state index in [0.717, 1.165) is 25.9 Å². The van der Waals surface area contributed by atoms with Crippen molar-refractivity contribution < 1.29 is 14.3 Å². The summed E-state index contributed by atoms with van der Waals surface area (Å²) in [6.45, 7) is 1.98. The van der Waals surface area contributed by atoms with Crippen LogP contribution < -0.4 is 15.8 Å². The first-order valence-electron chi connectivity index (χ1n) is 8.18. The van der Waals surface area contributed by atoms with Crippen LogP contribution in [-0.2, 0) is 4.79 Å². The van der Waals surface area contributed by atoms with Gasteiger partial charge in [0.2, 0.25) is 11.8 Å². The Balaban J connectivity index is 0.00000208. The van der Waals surface area contributed by atoms with Crippen molar-refractivity contribution in [3.05, 3.63) is 29.8 Å². The molecule has 0 aromatic heterocycles. The maximum absolute atomic E-state index is 12.3. The van der Waals surface area contributed by atoms with Crippen molar-refractivity contribution in [3.8, 4) is 5.75 Å². The van der Waals surface area contributed by atoms with Crippen LogP contribution in [0.3, 0.4) is 0 Å². The van der Waals surface area contributed by atoms with Gasteiger partial charge in [0.1, 0.15) is 5.75 Å². The van der Waals surface area contributed by atoms with Crippen molar-refractivity contribution in [3.63, 3.8) is 0 Å². The molecule has 0 spiro atoms. The minimum absolute atomic E-state index is 0. The second-order valence-electron chi connectivity index (χ2n) is 6.25. The Kier molecular flexibility index (Phi) is 6.45.